The molecule has 1 aliphatic heterocycles. The SMILES string of the molecule is CC(C)OCC(N)c1ccc2c(c1)COC2. The Labute approximate surface area is 96.5 Å². The second-order valence-electron chi connectivity index (χ2n) is 4.51. The lowest BCUT2D eigenvalue weighted by atomic mass is 10.0. The molecule has 1 atom stereocenters. The van der Waals surface area contributed by atoms with E-state index in [0.29, 0.717) is 13.2 Å². The van der Waals surface area contributed by atoms with Crippen LogP contribution in [0.4, 0.5) is 0 Å². The Balaban J connectivity index is 2.03. The molecule has 3 nitrogen and oxygen atoms in total. The van der Waals surface area contributed by atoms with Crippen LogP contribution in [0.2, 0.25) is 0 Å². The van der Waals surface area contributed by atoms with Crippen LogP contribution in [0.3, 0.4) is 0 Å². The summed E-state index contributed by atoms with van der Waals surface area (Å²) in [6.45, 7) is 6.04. The summed E-state index contributed by atoms with van der Waals surface area (Å²) in [4.78, 5) is 0. The highest BCUT2D eigenvalue weighted by molar-refractivity contribution is 5.34. The minimum absolute atomic E-state index is 0.0479. The number of benzene rings is 1. The molecular weight excluding hydrogens is 202 g/mol. The number of hydrogen-bond donors (Lipinski definition) is 1. The van der Waals surface area contributed by atoms with Crippen LogP contribution in [0.5, 0.6) is 0 Å². The van der Waals surface area contributed by atoms with Gasteiger partial charge < -0.3 is 15.2 Å². The third kappa shape index (κ3) is 2.61. The lowest BCUT2D eigenvalue weighted by molar-refractivity contribution is 0.0683. The van der Waals surface area contributed by atoms with Crippen molar-refractivity contribution in [2.45, 2.75) is 39.2 Å². The molecule has 0 aliphatic carbocycles. The second kappa shape index (κ2) is 4.95. The van der Waals surface area contributed by atoms with E-state index in [1.165, 1.54) is 11.1 Å². The van der Waals surface area contributed by atoms with Crippen molar-refractivity contribution in [3.8, 4) is 0 Å². The molecule has 1 unspecified atom stereocenters. The molecule has 0 aromatic heterocycles. The molecule has 3 heteroatoms. The highest BCUT2D eigenvalue weighted by atomic mass is 16.5. The summed E-state index contributed by atoms with van der Waals surface area (Å²) in [6, 6.07) is 6.26. The Morgan fingerprint density at radius 1 is 1.31 bits per heavy atom. The maximum Gasteiger partial charge on any atom is 0.0725 e. The van der Waals surface area contributed by atoms with E-state index in [4.69, 9.17) is 15.2 Å². The molecule has 0 amide bonds. The topological polar surface area (TPSA) is 44.5 Å². The minimum atomic E-state index is -0.0479. The Morgan fingerprint density at radius 3 is 2.81 bits per heavy atom. The second-order valence-corrected chi connectivity index (χ2v) is 4.51. The zero-order valence-electron chi connectivity index (χ0n) is 9.90. The number of nitrogens with two attached hydrogens (primary N) is 1. The largest absolute Gasteiger partial charge is 0.377 e. The molecule has 1 heterocycles. The van der Waals surface area contributed by atoms with Gasteiger partial charge in [0.2, 0.25) is 0 Å². The number of fused-ring (bicyclic) bond motifs is 1. The molecule has 88 valence electrons. The molecule has 1 aromatic carbocycles. The van der Waals surface area contributed by atoms with Crippen LogP contribution in [0.15, 0.2) is 18.2 Å². The normalized spacial score (nSPS) is 16.5. The van der Waals surface area contributed by atoms with Gasteiger partial charge in [0.05, 0.1) is 32.0 Å². The van der Waals surface area contributed by atoms with Gasteiger partial charge in [0.25, 0.3) is 0 Å². The van der Waals surface area contributed by atoms with Crippen LogP contribution in [-0.2, 0) is 22.7 Å². The van der Waals surface area contributed by atoms with E-state index in [2.05, 4.69) is 18.2 Å². The van der Waals surface area contributed by atoms with Gasteiger partial charge in [-0.1, -0.05) is 18.2 Å². The van der Waals surface area contributed by atoms with Gasteiger partial charge in [-0.15, -0.1) is 0 Å². The van der Waals surface area contributed by atoms with E-state index in [1.807, 2.05) is 13.8 Å². The fourth-order valence-corrected chi connectivity index (χ4v) is 1.81. The third-order valence-electron chi connectivity index (χ3n) is 2.78. The molecule has 1 aliphatic rings. The fourth-order valence-electron chi connectivity index (χ4n) is 1.81. The maximum absolute atomic E-state index is 6.07. The summed E-state index contributed by atoms with van der Waals surface area (Å²) in [5.74, 6) is 0. The highest BCUT2D eigenvalue weighted by Gasteiger charge is 2.14. The Bertz CT molecular complexity index is 363. The smallest absolute Gasteiger partial charge is 0.0725 e. The van der Waals surface area contributed by atoms with Crippen LogP contribution in [-0.4, -0.2) is 12.7 Å². The molecule has 0 bridgehead atoms. The number of hydrogen-bond acceptors (Lipinski definition) is 3. The van der Waals surface area contributed by atoms with Gasteiger partial charge in [-0.2, -0.15) is 0 Å². The van der Waals surface area contributed by atoms with Crippen LogP contribution < -0.4 is 5.73 Å². The monoisotopic (exact) mass is 221 g/mol. The van der Waals surface area contributed by atoms with Gasteiger partial charge in [-0.25, -0.2) is 0 Å². The van der Waals surface area contributed by atoms with Crippen molar-refractivity contribution in [3.05, 3.63) is 34.9 Å². The van der Waals surface area contributed by atoms with E-state index in [9.17, 15) is 0 Å². The Kier molecular flexibility index (Phi) is 3.59. The van der Waals surface area contributed by atoms with Crippen molar-refractivity contribution in [3.63, 3.8) is 0 Å². The first-order valence-corrected chi connectivity index (χ1v) is 5.73. The summed E-state index contributed by atoms with van der Waals surface area (Å²) in [7, 11) is 0. The quantitative estimate of drug-likeness (QED) is 0.847. The first-order valence-electron chi connectivity index (χ1n) is 5.73. The molecule has 2 rings (SSSR count). The van der Waals surface area contributed by atoms with Crippen molar-refractivity contribution in [1.82, 2.24) is 0 Å². The molecule has 0 fully saturated rings. The minimum Gasteiger partial charge on any atom is -0.377 e. The van der Waals surface area contributed by atoms with Crippen molar-refractivity contribution in [1.29, 1.82) is 0 Å². The Morgan fingerprint density at radius 2 is 2.06 bits per heavy atom. The van der Waals surface area contributed by atoms with Crippen molar-refractivity contribution in [2.24, 2.45) is 5.73 Å². The molecule has 1 aromatic rings. The average Bonchev–Trinajstić information content (AvgIpc) is 2.72. The molecular formula is C13H19NO2. The van der Waals surface area contributed by atoms with Gasteiger partial charge in [0, 0.05) is 0 Å². The third-order valence-corrected chi connectivity index (χ3v) is 2.78. The van der Waals surface area contributed by atoms with E-state index in [0.717, 1.165) is 12.2 Å². The molecule has 0 spiro atoms. The first kappa shape index (κ1) is 11.6. The zero-order chi connectivity index (χ0) is 11.5. The number of rotatable bonds is 4. The van der Waals surface area contributed by atoms with Crippen LogP contribution >= 0.6 is 0 Å². The molecule has 0 saturated heterocycles. The van der Waals surface area contributed by atoms with Gasteiger partial charge in [-0.05, 0) is 30.5 Å². The molecule has 0 saturated carbocycles. The first-order chi connectivity index (χ1) is 7.66. The van der Waals surface area contributed by atoms with E-state index >= 15 is 0 Å². The Hall–Kier alpha value is -0.900. The van der Waals surface area contributed by atoms with Gasteiger partial charge >= 0.3 is 0 Å². The van der Waals surface area contributed by atoms with Crippen LogP contribution in [0.25, 0.3) is 0 Å². The highest BCUT2D eigenvalue weighted by Crippen LogP contribution is 2.23. The average molecular weight is 221 g/mol. The lowest BCUT2D eigenvalue weighted by Crippen LogP contribution is -2.19. The summed E-state index contributed by atoms with van der Waals surface area (Å²) < 4.78 is 10.9. The fraction of sp³-hybridized carbons (Fsp3) is 0.538. The zero-order valence-corrected chi connectivity index (χ0v) is 9.90. The van der Waals surface area contributed by atoms with Gasteiger partial charge in [-0.3, -0.25) is 0 Å². The summed E-state index contributed by atoms with van der Waals surface area (Å²) in [5.41, 5.74) is 9.74. The molecule has 0 radical (unpaired) electrons. The predicted octanol–water partition coefficient (Wildman–Crippen LogP) is 2.14. The van der Waals surface area contributed by atoms with Gasteiger partial charge in [0.15, 0.2) is 0 Å². The van der Waals surface area contributed by atoms with E-state index < -0.39 is 0 Å². The summed E-state index contributed by atoms with van der Waals surface area (Å²) >= 11 is 0. The van der Waals surface area contributed by atoms with Crippen molar-refractivity contribution < 1.29 is 9.47 Å². The summed E-state index contributed by atoms with van der Waals surface area (Å²) in [6.07, 6.45) is 0.226. The van der Waals surface area contributed by atoms with E-state index in [1.54, 1.807) is 0 Å². The number of ether oxygens (including phenoxy) is 2. The van der Waals surface area contributed by atoms with Crippen LogP contribution in [0, 0.1) is 0 Å². The maximum atomic E-state index is 6.07. The molecule has 16 heavy (non-hydrogen) atoms. The van der Waals surface area contributed by atoms with Crippen LogP contribution in [0.1, 0.15) is 36.6 Å². The predicted molar refractivity (Wildman–Crippen MR) is 63.0 cm³/mol. The standard InChI is InChI=1S/C13H19NO2/c1-9(2)16-8-13(14)10-3-4-11-6-15-7-12(11)5-10/h3-5,9,13H,6-8,14H2,1-2H3. The molecule has 2 N–H and O–H groups in total. The van der Waals surface area contributed by atoms with Crippen molar-refractivity contribution in [2.75, 3.05) is 6.61 Å². The van der Waals surface area contributed by atoms with Gasteiger partial charge in [0.1, 0.15) is 0 Å². The van der Waals surface area contributed by atoms with E-state index in [-0.39, 0.29) is 12.1 Å². The van der Waals surface area contributed by atoms with Crippen molar-refractivity contribution >= 4 is 0 Å². The summed E-state index contributed by atoms with van der Waals surface area (Å²) in [5, 5.41) is 0. The lowest BCUT2D eigenvalue weighted by Gasteiger charge is -2.15.